The fourth-order valence-corrected chi connectivity index (χ4v) is 1.47. The van der Waals surface area contributed by atoms with Crippen molar-refractivity contribution in [3.63, 3.8) is 0 Å². The smallest absolute Gasteiger partial charge is 0.0643 e. The molecule has 0 aliphatic carbocycles. The lowest BCUT2D eigenvalue weighted by Crippen LogP contribution is -1.97. The van der Waals surface area contributed by atoms with Gasteiger partial charge in [-0.3, -0.25) is 0 Å². The van der Waals surface area contributed by atoms with Crippen LogP contribution in [0.2, 0.25) is 0 Å². The highest BCUT2D eigenvalue weighted by Crippen LogP contribution is 2.07. The first-order valence-electron chi connectivity index (χ1n) is 7.13. The maximum atomic E-state index is 5.39. The lowest BCUT2D eigenvalue weighted by Gasteiger charge is -1.99. The normalized spacial score (nSPS) is 10.4. The van der Waals surface area contributed by atoms with Crippen molar-refractivity contribution in [2.24, 2.45) is 5.73 Å². The van der Waals surface area contributed by atoms with Crippen molar-refractivity contribution in [3.05, 3.63) is 12.2 Å². The third kappa shape index (κ3) is 25.7. The molecule has 0 aliphatic rings. The average molecular weight is 243 g/mol. The van der Waals surface area contributed by atoms with E-state index in [1.165, 1.54) is 51.4 Å². The van der Waals surface area contributed by atoms with Crippen LogP contribution in [0.25, 0.3) is 0 Å². The van der Waals surface area contributed by atoms with Crippen LogP contribution in [0.15, 0.2) is 12.2 Å². The number of unbranched alkanes of at least 4 members (excludes halogenated alkanes) is 7. The summed E-state index contributed by atoms with van der Waals surface area (Å²) in [7, 11) is 1.68. The molecule has 0 saturated heterocycles. The zero-order chi connectivity index (χ0) is 13.2. The van der Waals surface area contributed by atoms with E-state index >= 15 is 0 Å². The highest BCUT2D eigenvalue weighted by molar-refractivity contribution is 4.75. The number of ether oxygens (including phenoxy) is 1. The zero-order valence-electron chi connectivity index (χ0n) is 12.2. The van der Waals surface area contributed by atoms with Gasteiger partial charge in [0, 0.05) is 7.11 Å². The quantitative estimate of drug-likeness (QED) is 0.459. The minimum atomic E-state index is 0.733. The molecule has 0 heterocycles. The Kier molecular flexibility index (Phi) is 23.5. The van der Waals surface area contributed by atoms with Gasteiger partial charge in [0.2, 0.25) is 0 Å². The first kappa shape index (κ1) is 19.0. The lowest BCUT2D eigenvalue weighted by molar-refractivity contribution is 0.234. The zero-order valence-corrected chi connectivity index (χ0v) is 12.2. The molecule has 2 heteroatoms. The number of nitrogens with two attached hydrogens (primary N) is 1. The molecule has 0 radical (unpaired) electrons. The molecule has 0 bridgehead atoms. The fraction of sp³-hybridized carbons (Fsp3) is 0.867. The Labute approximate surface area is 109 Å². The molecule has 104 valence electrons. The summed E-state index contributed by atoms with van der Waals surface area (Å²) in [5.41, 5.74) is 5.39. The number of hydrogen-bond donors (Lipinski definition) is 1. The molecule has 0 atom stereocenters. The lowest BCUT2D eigenvalue weighted by atomic mass is 10.1. The maximum absolute atomic E-state index is 5.39. The van der Waals surface area contributed by atoms with Crippen LogP contribution in [0.1, 0.15) is 65.2 Å². The van der Waals surface area contributed by atoms with Gasteiger partial charge < -0.3 is 10.5 Å². The van der Waals surface area contributed by atoms with Crippen molar-refractivity contribution in [2.45, 2.75) is 65.2 Å². The number of allylic oxidation sites excluding steroid dienone is 1. The van der Waals surface area contributed by atoms with E-state index in [1.54, 1.807) is 7.11 Å². The van der Waals surface area contributed by atoms with Crippen LogP contribution in [-0.4, -0.2) is 20.3 Å². The maximum Gasteiger partial charge on any atom is 0.0643 e. The number of rotatable bonds is 10. The van der Waals surface area contributed by atoms with Crippen molar-refractivity contribution in [1.82, 2.24) is 0 Å². The number of hydrogen-bond acceptors (Lipinski definition) is 2. The molecular formula is C15H33NO. The number of methoxy groups -OCH3 is 1. The molecule has 0 aliphatic heterocycles. The van der Waals surface area contributed by atoms with Gasteiger partial charge in [0.05, 0.1) is 6.61 Å². The highest BCUT2D eigenvalue weighted by atomic mass is 16.5. The second-order valence-corrected chi connectivity index (χ2v) is 4.29. The first-order valence-corrected chi connectivity index (χ1v) is 7.13. The summed E-state index contributed by atoms with van der Waals surface area (Å²) < 4.78 is 4.70. The minimum absolute atomic E-state index is 0.733. The van der Waals surface area contributed by atoms with Crippen molar-refractivity contribution in [1.29, 1.82) is 0 Å². The molecule has 0 aromatic carbocycles. The summed E-state index contributed by atoms with van der Waals surface area (Å²) in [5, 5.41) is 0. The van der Waals surface area contributed by atoms with Crippen LogP contribution in [0.3, 0.4) is 0 Å². The molecule has 0 rings (SSSR count). The van der Waals surface area contributed by atoms with E-state index in [0.29, 0.717) is 0 Å². The average Bonchev–Trinajstić information content (AvgIpc) is 2.36. The molecule has 0 saturated carbocycles. The molecule has 0 fully saturated rings. The van der Waals surface area contributed by atoms with E-state index in [0.717, 1.165) is 13.2 Å². The van der Waals surface area contributed by atoms with Gasteiger partial charge in [0.15, 0.2) is 0 Å². The predicted molar refractivity (Wildman–Crippen MR) is 78.4 cm³/mol. The second kappa shape index (κ2) is 21.0. The molecular weight excluding hydrogens is 210 g/mol. The van der Waals surface area contributed by atoms with Gasteiger partial charge in [-0.25, -0.2) is 0 Å². The van der Waals surface area contributed by atoms with E-state index in [9.17, 15) is 0 Å². The molecule has 0 amide bonds. The summed E-state index contributed by atoms with van der Waals surface area (Å²) in [4.78, 5) is 0. The highest BCUT2D eigenvalue weighted by Gasteiger charge is 1.89. The summed E-state index contributed by atoms with van der Waals surface area (Å²) >= 11 is 0. The van der Waals surface area contributed by atoms with Crippen molar-refractivity contribution in [3.8, 4) is 0 Å². The standard InChI is InChI=1S/C10H23N.C5H10O/c1-2-3-4-5-6-7-8-9-10-11;1-3-4-5-6-2/h2-11H2,1H3;3-4H,5H2,1-2H3. The Hall–Kier alpha value is -0.340. The van der Waals surface area contributed by atoms with E-state index in [4.69, 9.17) is 10.5 Å². The summed E-state index contributed by atoms with van der Waals surface area (Å²) in [5.74, 6) is 0. The van der Waals surface area contributed by atoms with E-state index in [-0.39, 0.29) is 0 Å². The van der Waals surface area contributed by atoms with Crippen LogP contribution in [-0.2, 0) is 4.74 Å². The van der Waals surface area contributed by atoms with E-state index in [2.05, 4.69) is 6.92 Å². The minimum Gasteiger partial charge on any atom is -0.381 e. The van der Waals surface area contributed by atoms with Gasteiger partial charge in [0.1, 0.15) is 0 Å². The van der Waals surface area contributed by atoms with Crippen LogP contribution >= 0.6 is 0 Å². The largest absolute Gasteiger partial charge is 0.381 e. The van der Waals surface area contributed by atoms with Crippen LogP contribution in [0.5, 0.6) is 0 Å². The van der Waals surface area contributed by atoms with E-state index < -0.39 is 0 Å². The Bertz CT molecular complexity index is 127. The Balaban J connectivity index is 0. The van der Waals surface area contributed by atoms with Gasteiger partial charge >= 0.3 is 0 Å². The first-order chi connectivity index (χ1) is 8.33. The monoisotopic (exact) mass is 243 g/mol. The van der Waals surface area contributed by atoms with Crippen LogP contribution in [0, 0.1) is 0 Å². The van der Waals surface area contributed by atoms with Gasteiger partial charge in [-0.05, 0) is 19.9 Å². The predicted octanol–water partition coefficient (Wildman–Crippen LogP) is 4.29. The molecule has 0 spiro atoms. The summed E-state index contributed by atoms with van der Waals surface area (Å²) in [6, 6.07) is 0. The molecule has 17 heavy (non-hydrogen) atoms. The molecule has 0 aromatic rings. The van der Waals surface area contributed by atoms with Crippen molar-refractivity contribution in [2.75, 3.05) is 20.3 Å². The van der Waals surface area contributed by atoms with Gasteiger partial charge in [-0.1, -0.05) is 64.0 Å². The third-order valence-electron chi connectivity index (χ3n) is 2.56. The molecule has 2 nitrogen and oxygen atoms in total. The third-order valence-corrected chi connectivity index (χ3v) is 2.56. The summed E-state index contributed by atoms with van der Waals surface area (Å²) in [6.07, 6.45) is 14.9. The van der Waals surface area contributed by atoms with Crippen LogP contribution in [0.4, 0.5) is 0 Å². The Morgan fingerprint density at radius 2 is 1.47 bits per heavy atom. The molecule has 2 N–H and O–H groups in total. The van der Waals surface area contributed by atoms with Gasteiger partial charge in [0.25, 0.3) is 0 Å². The Morgan fingerprint density at radius 3 is 1.82 bits per heavy atom. The fourth-order valence-electron chi connectivity index (χ4n) is 1.47. The van der Waals surface area contributed by atoms with Gasteiger partial charge in [-0.15, -0.1) is 0 Å². The topological polar surface area (TPSA) is 35.2 Å². The van der Waals surface area contributed by atoms with Crippen molar-refractivity contribution < 1.29 is 4.74 Å². The van der Waals surface area contributed by atoms with E-state index in [1.807, 2.05) is 19.1 Å². The van der Waals surface area contributed by atoms with Gasteiger partial charge in [-0.2, -0.15) is 0 Å². The van der Waals surface area contributed by atoms with Crippen LogP contribution < -0.4 is 5.73 Å². The molecule has 0 aromatic heterocycles. The SMILES string of the molecule is CC=CCOC.CCCCCCCCCCN. The van der Waals surface area contributed by atoms with Crippen molar-refractivity contribution >= 4 is 0 Å². The second-order valence-electron chi connectivity index (χ2n) is 4.29. The molecule has 0 unspecified atom stereocenters. The Morgan fingerprint density at radius 1 is 0.941 bits per heavy atom. The summed E-state index contributed by atoms with van der Waals surface area (Å²) in [6.45, 7) is 5.83.